The Morgan fingerprint density at radius 2 is 1.59 bits per heavy atom. The molecule has 0 bridgehead atoms. The maximum atomic E-state index is 12.7. The fourth-order valence-corrected chi connectivity index (χ4v) is 4.07. The number of benzene rings is 2. The smallest absolute Gasteiger partial charge is 0.338 e. The summed E-state index contributed by atoms with van der Waals surface area (Å²) in [5, 5.41) is 2.74. The van der Waals surface area contributed by atoms with Crippen molar-refractivity contribution in [2.45, 2.75) is 26.7 Å². The Morgan fingerprint density at radius 3 is 2.22 bits per heavy atom. The number of esters is 1. The predicted octanol–water partition coefficient (Wildman–Crippen LogP) is 3.55. The van der Waals surface area contributed by atoms with Gasteiger partial charge in [-0.3, -0.25) is 19.3 Å². The Bertz CT molecular complexity index is 1090. The summed E-state index contributed by atoms with van der Waals surface area (Å²) >= 11 is 0. The van der Waals surface area contributed by atoms with Crippen molar-refractivity contribution in [3.63, 3.8) is 0 Å². The molecule has 3 amide bonds. The highest BCUT2D eigenvalue weighted by atomic mass is 16.5. The number of imide groups is 1. The van der Waals surface area contributed by atoms with Gasteiger partial charge in [-0.25, -0.2) is 4.79 Å². The summed E-state index contributed by atoms with van der Waals surface area (Å²) in [7, 11) is 0. The number of nitrogens with one attached hydrogen (secondary N) is 1. The van der Waals surface area contributed by atoms with Crippen LogP contribution in [0.3, 0.4) is 0 Å². The van der Waals surface area contributed by atoms with E-state index in [1.165, 1.54) is 17.0 Å². The lowest BCUT2D eigenvalue weighted by Gasteiger charge is -2.15. The second kappa shape index (κ2) is 8.78. The summed E-state index contributed by atoms with van der Waals surface area (Å²) in [6.07, 6.45) is 5.01. The van der Waals surface area contributed by atoms with Crippen LogP contribution in [-0.4, -0.2) is 30.3 Å². The van der Waals surface area contributed by atoms with Gasteiger partial charge in [0.25, 0.3) is 5.91 Å². The zero-order valence-electron chi connectivity index (χ0n) is 18.0. The number of ether oxygens (including phenoxy) is 1. The number of anilines is 2. The summed E-state index contributed by atoms with van der Waals surface area (Å²) < 4.78 is 5.11. The summed E-state index contributed by atoms with van der Waals surface area (Å²) in [5.41, 5.74) is 3.25. The van der Waals surface area contributed by atoms with Crippen molar-refractivity contribution >= 4 is 35.1 Å². The summed E-state index contributed by atoms with van der Waals surface area (Å²) in [6, 6.07) is 11.8. The molecule has 2 aliphatic rings. The van der Waals surface area contributed by atoms with E-state index in [1.54, 1.807) is 12.1 Å². The minimum Gasteiger partial charge on any atom is -0.452 e. The molecule has 7 nitrogen and oxygen atoms in total. The number of amides is 3. The van der Waals surface area contributed by atoms with Crippen LogP contribution in [0.4, 0.5) is 11.4 Å². The van der Waals surface area contributed by atoms with Gasteiger partial charge in [-0.2, -0.15) is 0 Å². The van der Waals surface area contributed by atoms with Gasteiger partial charge in [-0.05, 0) is 68.1 Å². The third kappa shape index (κ3) is 4.19. The van der Waals surface area contributed by atoms with E-state index < -0.39 is 18.5 Å². The van der Waals surface area contributed by atoms with E-state index in [2.05, 4.69) is 5.32 Å². The van der Waals surface area contributed by atoms with Crippen LogP contribution in [0.25, 0.3) is 0 Å². The highest BCUT2D eigenvalue weighted by molar-refractivity contribution is 6.22. The lowest BCUT2D eigenvalue weighted by molar-refractivity contribution is -0.122. The molecule has 0 radical (unpaired) electrons. The minimum atomic E-state index is -0.662. The van der Waals surface area contributed by atoms with Gasteiger partial charge in [0, 0.05) is 5.69 Å². The third-order valence-corrected chi connectivity index (χ3v) is 5.87. The predicted molar refractivity (Wildman–Crippen MR) is 119 cm³/mol. The molecule has 1 heterocycles. The molecule has 1 N–H and O–H groups in total. The quantitative estimate of drug-likeness (QED) is 0.443. The Balaban J connectivity index is 1.36. The monoisotopic (exact) mass is 432 g/mol. The normalized spacial score (nSPS) is 19.6. The molecule has 0 unspecified atom stereocenters. The van der Waals surface area contributed by atoms with Crippen LogP contribution < -0.4 is 10.2 Å². The molecule has 164 valence electrons. The molecule has 0 spiro atoms. The molecule has 2 aromatic rings. The first kappa shape index (κ1) is 21.5. The average Bonchev–Trinajstić information content (AvgIpc) is 3.05. The van der Waals surface area contributed by atoms with Crippen LogP contribution in [-0.2, 0) is 19.1 Å². The van der Waals surface area contributed by atoms with E-state index >= 15 is 0 Å². The average molecular weight is 432 g/mol. The van der Waals surface area contributed by atoms with E-state index in [-0.39, 0.29) is 29.2 Å². The molecule has 4 rings (SSSR count). The largest absolute Gasteiger partial charge is 0.452 e. The number of nitrogens with zero attached hydrogens (tertiary/aromatic N) is 1. The molecule has 32 heavy (non-hydrogen) atoms. The summed E-state index contributed by atoms with van der Waals surface area (Å²) in [4.78, 5) is 51.0. The van der Waals surface area contributed by atoms with Crippen molar-refractivity contribution in [2.75, 3.05) is 16.8 Å². The number of carbonyl (C=O) groups excluding carboxylic acids is 4. The molecular formula is C25H24N2O5. The van der Waals surface area contributed by atoms with Gasteiger partial charge >= 0.3 is 5.97 Å². The SMILES string of the molecule is Cc1ccc(C)c(NC(=O)COC(=O)c2ccc(N3C(=O)[C@@H]4CC=CC[C@H]4C3=O)cc2)c1. The molecule has 7 heteroatoms. The Labute approximate surface area is 186 Å². The van der Waals surface area contributed by atoms with E-state index in [9.17, 15) is 19.2 Å². The molecule has 1 fully saturated rings. The van der Waals surface area contributed by atoms with Crippen molar-refractivity contribution in [3.8, 4) is 0 Å². The van der Waals surface area contributed by atoms with Crippen LogP contribution in [0.5, 0.6) is 0 Å². The molecule has 2 atom stereocenters. The van der Waals surface area contributed by atoms with E-state index in [4.69, 9.17) is 4.74 Å². The molecule has 0 aromatic heterocycles. The number of aryl methyl sites for hydroxylation is 2. The lowest BCUT2D eigenvalue weighted by Crippen LogP contribution is -2.30. The molecule has 1 aliphatic heterocycles. The van der Waals surface area contributed by atoms with Gasteiger partial charge in [0.2, 0.25) is 11.8 Å². The molecule has 1 saturated heterocycles. The highest BCUT2D eigenvalue weighted by Crippen LogP contribution is 2.37. The highest BCUT2D eigenvalue weighted by Gasteiger charge is 2.47. The van der Waals surface area contributed by atoms with Gasteiger partial charge in [0.15, 0.2) is 6.61 Å². The number of hydrogen-bond acceptors (Lipinski definition) is 5. The van der Waals surface area contributed by atoms with Crippen LogP contribution in [0.15, 0.2) is 54.6 Å². The maximum Gasteiger partial charge on any atom is 0.338 e. The van der Waals surface area contributed by atoms with Gasteiger partial charge < -0.3 is 10.1 Å². The number of rotatable bonds is 5. The van der Waals surface area contributed by atoms with E-state index in [1.807, 2.05) is 44.2 Å². The Hall–Kier alpha value is -3.74. The number of carbonyl (C=O) groups is 4. The maximum absolute atomic E-state index is 12.7. The van der Waals surface area contributed by atoms with Crippen LogP contribution in [0.2, 0.25) is 0 Å². The molecular weight excluding hydrogens is 408 g/mol. The lowest BCUT2D eigenvalue weighted by atomic mass is 9.85. The van der Waals surface area contributed by atoms with Crippen molar-refractivity contribution in [2.24, 2.45) is 11.8 Å². The first-order valence-corrected chi connectivity index (χ1v) is 10.5. The van der Waals surface area contributed by atoms with Crippen LogP contribution >= 0.6 is 0 Å². The summed E-state index contributed by atoms with van der Waals surface area (Å²) in [6.45, 7) is 3.38. The Morgan fingerprint density at radius 1 is 0.969 bits per heavy atom. The number of hydrogen-bond donors (Lipinski definition) is 1. The van der Waals surface area contributed by atoms with Crippen molar-refractivity contribution < 1.29 is 23.9 Å². The van der Waals surface area contributed by atoms with Crippen molar-refractivity contribution in [3.05, 3.63) is 71.3 Å². The van der Waals surface area contributed by atoms with E-state index in [0.29, 0.717) is 24.2 Å². The van der Waals surface area contributed by atoms with Gasteiger partial charge in [0.1, 0.15) is 0 Å². The van der Waals surface area contributed by atoms with E-state index in [0.717, 1.165) is 11.1 Å². The van der Waals surface area contributed by atoms with Gasteiger partial charge in [-0.1, -0.05) is 24.3 Å². The van der Waals surface area contributed by atoms with Crippen molar-refractivity contribution in [1.29, 1.82) is 0 Å². The Kier molecular flexibility index (Phi) is 5.90. The zero-order valence-corrected chi connectivity index (χ0v) is 18.0. The standard InChI is InChI=1S/C25H24N2O5/c1-15-7-8-16(2)21(13-15)26-22(28)14-32-25(31)17-9-11-18(12-10-17)27-23(29)19-5-3-4-6-20(19)24(27)30/h3-4,7-13,19-20H,5-6,14H2,1-2H3,(H,26,28)/t19-,20-/m1/s1. The summed E-state index contributed by atoms with van der Waals surface area (Å²) in [5.74, 6) is -2.14. The van der Waals surface area contributed by atoms with Crippen LogP contribution in [0, 0.1) is 25.7 Å². The second-order valence-electron chi connectivity index (χ2n) is 8.16. The molecule has 2 aromatic carbocycles. The fraction of sp³-hybridized carbons (Fsp3) is 0.280. The fourth-order valence-electron chi connectivity index (χ4n) is 4.07. The van der Waals surface area contributed by atoms with Gasteiger partial charge in [-0.15, -0.1) is 0 Å². The zero-order chi connectivity index (χ0) is 22.8. The van der Waals surface area contributed by atoms with Crippen LogP contribution in [0.1, 0.15) is 34.3 Å². The van der Waals surface area contributed by atoms with Crippen molar-refractivity contribution in [1.82, 2.24) is 0 Å². The first-order chi connectivity index (χ1) is 15.3. The third-order valence-electron chi connectivity index (χ3n) is 5.87. The first-order valence-electron chi connectivity index (χ1n) is 10.5. The number of fused-ring (bicyclic) bond motifs is 1. The number of allylic oxidation sites excluding steroid dienone is 2. The molecule has 1 aliphatic carbocycles. The molecule has 0 saturated carbocycles. The minimum absolute atomic E-state index is 0.206. The van der Waals surface area contributed by atoms with Gasteiger partial charge in [0.05, 0.1) is 23.1 Å². The topological polar surface area (TPSA) is 92.8 Å². The second-order valence-corrected chi connectivity index (χ2v) is 8.16.